The summed E-state index contributed by atoms with van der Waals surface area (Å²) in [7, 11) is 3.98. The van der Waals surface area contributed by atoms with Gasteiger partial charge in [0.1, 0.15) is 5.69 Å². The van der Waals surface area contributed by atoms with Crippen LogP contribution >= 0.6 is 7.44 Å². The van der Waals surface area contributed by atoms with E-state index < -0.39 is 7.44 Å². The number of aromatic nitrogens is 3. The van der Waals surface area contributed by atoms with Crippen molar-refractivity contribution in [2.45, 2.75) is 0 Å². The van der Waals surface area contributed by atoms with Gasteiger partial charge in [-0.2, -0.15) is 4.79 Å². The van der Waals surface area contributed by atoms with E-state index in [9.17, 15) is 4.57 Å². The Bertz CT molecular complexity index is 625. The molecule has 0 aliphatic heterocycles. The van der Waals surface area contributed by atoms with E-state index in [2.05, 4.69) is 10.3 Å². The molecule has 1 heterocycles. The zero-order chi connectivity index (χ0) is 14.9. The second-order valence-corrected chi connectivity index (χ2v) is 7.92. The van der Waals surface area contributed by atoms with Crippen molar-refractivity contribution in [1.82, 2.24) is 24.4 Å². The van der Waals surface area contributed by atoms with Gasteiger partial charge in [-0.3, -0.25) is 4.57 Å². The molecule has 0 aliphatic rings. The molecule has 0 radical (unpaired) electrons. The summed E-state index contributed by atoms with van der Waals surface area (Å²) in [4.78, 5) is 1.10. The molecule has 0 unspecified atom stereocenters. The van der Waals surface area contributed by atoms with Gasteiger partial charge in [0.25, 0.3) is 7.44 Å². The van der Waals surface area contributed by atoms with Gasteiger partial charge in [-0.25, -0.2) is 9.34 Å². The van der Waals surface area contributed by atoms with Crippen molar-refractivity contribution in [3.63, 3.8) is 0 Å². The first-order chi connectivity index (χ1) is 9.39. The first kappa shape index (κ1) is 14.7. The largest absolute Gasteiger partial charge is 0.321 e. The Morgan fingerprint density at radius 3 is 2.15 bits per heavy atom. The first-order valence-corrected chi connectivity index (χ1v) is 7.72. The maximum absolute atomic E-state index is 13.4. The van der Waals surface area contributed by atoms with Gasteiger partial charge >= 0.3 is 0 Å². The summed E-state index contributed by atoms with van der Waals surface area (Å²) >= 11 is 0. The average Bonchev–Trinajstić information content (AvgIpc) is 2.80. The number of hydrogen-bond acceptors (Lipinski definition) is 4. The first-order valence-electron chi connectivity index (χ1n) is 6.11. The minimum Gasteiger partial charge on any atom is -0.321 e. The molecule has 1 aromatic heterocycles. The molecular formula is C12H19N6OP. The van der Waals surface area contributed by atoms with Crippen LogP contribution in [0.5, 0.6) is 0 Å². The Labute approximate surface area is 118 Å². The van der Waals surface area contributed by atoms with Crippen molar-refractivity contribution in [2.75, 3.05) is 34.0 Å². The van der Waals surface area contributed by atoms with E-state index in [1.54, 1.807) is 37.5 Å². The van der Waals surface area contributed by atoms with Gasteiger partial charge in [-0.1, -0.05) is 30.3 Å². The molecule has 0 fully saturated rings. The average molecular weight is 294 g/mol. The monoisotopic (exact) mass is 294 g/mol. The predicted molar refractivity (Wildman–Crippen MR) is 80.2 cm³/mol. The highest BCUT2D eigenvalue weighted by Crippen LogP contribution is 2.49. The summed E-state index contributed by atoms with van der Waals surface area (Å²) in [5.41, 5.74) is 1.79. The number of nitrogens with two attached hydrogens (primary N) is 1. The molecular weight excluding hydrogens is 275 g/mol. The van der Waals surface area contributed by atoms with E-state index >= 15 is 0 Å². The van der Waals surface area contributed by atoms with Crippen LogP contribution in [0, 0.1) is 0 Å². The predicted octanol–water partition coefficient (Wildman–Crippen LogP) is 0.600. The summed E-state index contributed by atoms with van der Waals surface area (Å²) in [6.07, 6.45) is 0. The molecule has 20 heavy (non-hydrogen) atoms. The molecule has 0 saturated heterocycles. The third kappa shape index (κ3) is 2.24. The van der Waals surface area contributed by atoms with Crippen molar-refractivity contribution in [3.8, 4) is 11.3 Å². The molecule has 1 aromatic carbocycles. The minimum atomic E-state index is -3.03. The molecule has 0 atom stereocenters. The maximum atomic E-state index is 13.4. The normalized spacial score (nSPS) is 12.3. The molecule has 0 spiro atoms. The summed E-state index contributed by atoms with van der Waals surface area (Å²) < 4.78 is 16.7. The van der Waals surface area contributed by atoms with Gasteiger partial charge in [0, 0.05) is 5.56 Å². The number of hydrogen-bond donors (Lipinski definition) is 1. The topological polar surface area (TPSA) is 80.3 Å². The van der Waals surface area contributed by atoms with Gasteiger partial charge in [0.15, 0.2) is 5.44 Å². The number of rotatable bonds is 4. The Balaban J connectivity index is 2.69. The van der Waals surface area contributed by atoms with Gasteiger partial charge in [-0.05, 0) is 33.4 Å². The zero-order valence-electron chi connectivity index (χ0n) is 12.1. The molecule has 8 heteroatoms. The highest BCUT2D eigenvalue weighted by atomic mass is 31.2. The van der Waals surface area contributed by atoms with Crippen LogP contribution in [-0.4, -0.2) is 52.6 Å². The molecule has 0 amide bonds. The minimum absolute atomic E-state index is 0.415. The fraction of sp³-hybridized carbons (Fsp3) is 0.333. The summed E-state index contributed by atoms with van der Waals surface area (Å²) in [6, 6.07) is 9.48. The van der Waals surface area contributed by atoms with Crippen LogP contribution in [0.3, 0.4) is 0 Å². The zero-order valence-corrected chi connectivity index (χ0v) is 13.0. The van der Waals surface area contributed by atoms with E-state index in [-0.39, 0.29) is 0 Å². The van der Waals surface area contributed by atoms with E-state index in [4.69, 9.17) is 5.84 Å². The van der Waals surface area contributed by atoms with Gasteiger partial charge < -0.3 is 5.84 Å². The molecule has 0 aliphatic carbocycles. The Morgan fingerprint density at radius 2 is 1.65 bits per heavy atom. The Hall–Kier alpha value is -1.69. The molecule has 2 rings (SSSR count). The third-order valence-corrected chi connectivity index (χ3v) is 6.21. The van der Waals surface area contributed by atoms with Gasteiger partial charge in [0.2, 0.25) is 0 Å². The summed E-state index contributed by atoms with van der Waals surface area (Å²) in [5.74, 6) is 5.86. The molecule has 7 nitrogen and oxygen atoms in total. The van der Waals surface area contributed by atoms with E-state index in [1.165, 1.54) is 0 Å². The van der Waals surface area contributed by atoms with Crippen molar-refractivity contribution in [2.24, 2.45) is 0 Å². The lowest BCUT2D eigenvalue weighted by atomic mass is 10.2. The van der Waals surface area contributed by atoms with E-state index in [1.807, 2.05) is 30.3 Å². The second-order valence-electron chi connectivity index (χ2n) is 4.81. The van der Waals surface area contributed by atoms with Gasteiger partial charge in [0.05, 0.1) is 0 Å². The summed E-state index contributed by atoms with van der Waals surface area (Å²) in [6.45, 7) is 0. The highest BCUT2D eigenvalue weighted by Gasteiger charge is 2.38. The van der Waals surface area contributed by atoms with E-state index in [0.717, 1.165) is 10.4 Å². The number of nitrogens with zero attached hydrogens (tertiary/aromatic N) is 5. The number of benzene rings is 1. The lowest BCUT2D eigenvalue weighted by molar-refractivity contribution is 0.457. The fourth-order valence-electron chi connectivity index (χ4n) is 2.08. The summed E-state index contributed by atoms with van der Waals surface area (Å²) in [5, 5.41) is 7.92. The van der Waals surface area contributed by atoms with Crippen LogP contribution < -0.4 is 11.3 Å². The Kier molecular flexibility index (Phi) is 3.94. The Morgan fingerprint density at radius 1 is 1.10 bits per heavy atom. The van der Waals surface area contributed by atoms with Crippen LogP contribution in [0.15, 0.2) is 30.3 Å². The number of nitrogen functional groups attached to an aromatic ring is 1. The van der Waals surface area contributed by atoms with Crippen LogP contribution in [0.2, 0.25) is 0 Å². The molecule has 2 aromatic rings. The quantitative estimate of drug-likeness (QED) is 0.657. The SMILES string of the molecule is CN(C)P(=O)(c1c(-c2ccccc2)nnn1N)N(C)C. The second kappa shape index (κ2) is 5.36. The standard InChI is InChI=1S/C12H19N6OP/c1-16(2)20(19,17(3)4)12-11(14-15-18(12)13)10-8-6-5-7-9-10/h5-9H,13H2,1-4H3. The maximum Gasteiger partial charge on any atom is 0.266 e. The van der Waals surface area contributed by atoms with Crippen LogP contribution in [0.4, 0.5) is 0 Å². The lowest BCUT2D eigenvalue weighted by Crippen LogP contribution is -2.36. The van der Waals surface area contributed by atoms with Crippen LogP contribution in [-0.2, 0) is 4.57 Å². The van der Waals surface area contributed by atoms with Crippen LogP contribution in [0.1, 0.15) is 0 Å². The van der Waals surface area contributed by atoms with Gasteiger partial charge in [-0.15, -0.1) is 5.10 Å². The van der Waals surface area contributed by atoms with Crippen molar-refractivity contribution in [1.29, 1.82) is 0 Å². The van der Waals surface area contributed by atoms with E-state index in [0.29, 0.717) is 11.1 Å². The third-order valence-electron chi connectivity index (χ3n) is 3.08. The smallest absolute Gasteiger partial charge is 0.266 e. The molecule has 0 saturated carbocycles. The van der Waals surface area contributed by atoms with Crippen LogP contribution in [0.25, 0.3) is 11.3 Å². The van der Waals surface area contributed by atoms with Crippen molar-refractivity contribution >= 4 is 12.9 Å². The van der Waals surface area contributed by atoms with Crippen molar-refractivity contribution < 1.29 is 4.57 Å². The highest BCUT2D eigenvalue weighted by molar-refractivity contribution is 7.67. The molecule has 2 N–H and O–H groups in total. The lowest BCUT2D eigenvalue weighted by Gasteiger charge is -2.30. The fourth-order valence-corrected chi connectivity index (χ4v) is 4.31. The molecule has 0 bridgehead atoms. The molecule has 108 valence electrons. The van der Waals surface area contributed by atoms with Crippen molar-refractivity contribution in [3.05, 3.63) is 30.3 Å².